The molecule has 360 valence electrons. The molecule has 2 amide bonds. The average molecular weight is 954 g/mol. The number of halogens is 2. The van der Waals surface area contributed by atoms with Gasteiger partial charge in [-0.15, -0.1) is 24.8 Å². The van der Waals surface area contributed by atoms with E-state index in [0.29, 0.717) is 69.0 Å². The standard InChI is InChI=1S/C50H64N4O10.2ClH/c1-57-41-11-9-35(25-39(41)37-27-43(59-3)47(63-7)44(28-37)60-4)49(55)53-17-13-33(14-18-53)31-51-21-23-52(24-22-51)32-34-15-19-54(20-16-34)50(56)36-10-12-42(58-2)40(26-36)38-29-45(61-5)48(64-8)46(30-38)62-6;;/h9-12,25-30,33-34H,13-24,31-32H2,1-8H3;2*1H. The number of carbonyl (C=O) groups is 2. The maximum absolute atomic E-state index is 13.8. The van der Waals surface area contributed by atoms with Gasteiger partial charge in [0.15, 0.2) is 23.0 Å². The number of nitrogens with zero attached hydrogens (tertiary/aromatic N) is 4. The van der Waals surface area contributed by atoms with E-state index in [4.69, 9.17) is 37.9 Å². The van der Waals surface area contributed by atoms with E-state index >= 15 is 0 Å². The summed E-state index contributed by atoms with van der Waals surface area (Å²) in [5.74, 6) is 5.61. The summed E-state index contributed by atoms with van der Waals surface area (Å²) in [6, 6.07) is 18.7. The van der Waals surface area contributed by atoms with Gasteiger partial charge in [-0.1, -0.05) is 0 Å². The van der Waals surface area contributed by atoms with Gasteiger partial charge in [0.2, 0.25) is 11.5 Å². The molecule has 0 atom stereocenters. The van der Waals surface area contributed by atoms with Crippen molar-refractivity contribution in [2.24, 2.45) is 11.8 Å². The van der Waals surface area contributed by atoms with Crippen molar-refractivity contribution in [1.82, 2.24) is 19.6 Å². The smallest absolute Gasteiger partial charge is 0.253 e. The third-order valence-electron chi connectivity index (χ3n) is 13.1. The van der Waals surface area contributed by atoms with E-state index in [1.54, 1.807) is 56.9 Å². The summed E-state index contributed by atoms with van der Waals surface area (Å²) in [7, 11) is 12.7. The van der Waals surface area contributed by atoms with Crippen LogP contribution in [0.15, 0.2) is 60.7 Å². The van der Waals surface area contributed by atoms with E-state index in [9.17, 15) is 9.59 Å². The Morgan fingerprint density at radius 3 is 1.00 bits per heavy atom. The van der Waals surface area contributed by atoms with Gasteiger partial charge in [0.25, 0.3) is 11.8 Å². The molecule has 66 heavy (non-hydrogen) atoms. The lowest BCUT2D eigenvalue weighted by Gasteiger charge is -2.41. The summed E-state index contributed by atoms with van der Waals surface area (Å²) in [6.07, 6.45) is 3.95. The summed E-state index contributed by atoms with van der Waals surface area (Å²) >= 11 is 0. The molecule has 0 radical (unpaired) electrons. The van der Waals surface area contributed by atoms with Crippen molar-refractivity contribution in [1.29, 1.82) is 0 Å². The van der Waals surface area contributed by atoms with Crippen LogP contribution < -0.4 is 37.9 Å². The molecule has 0 aliphatic carbocycles. The van der Waals surface area contributed by atoms with Gasteiger partial charge in [-0.3, -0.25) is 9.59 Å². The topological polar surface area (TPSA) is 121 Å². The van der Waals surface area contributed by atoms with Gasteiger partial charge in [-0.05, 0) is 109 Å². The summed E-state index contributed by atoms with van der Waals surface area (Å²) in [5.41, 5.74) is 4.39. The second-order valence-corrected chi connectivity index (χ2v) is 16.7. The quantitative estimate of drug-likeness (QED) is 0.108. The van der Waals surface area contributed by atoms with Crippen molar-refractivity contribution >= 4 is 36.6 Å². The third-order valence-corrected chi connectivity index (χ3v) is 13.1. The monoisotopic (exact) mass is 952 g/mol. The van der Waals surface area contributed by atoms with Crippen LogP contribution in [0.4, 0.5) is 0 Å². The lowest BCUT2D eigenvalue weighted by atomic mass is 9.94. The Bertz CT molecular complexity index is 2050. The Morgan fingerprint density at radius 1 is 0.424 bits per heavy atom. The largest absolute Gasteiger partial charge is 0.496 e. The van der Waals surface area contributed by atoms with E-state index in [2.05, 4.69) is 9.80 Å². The van der Waals surface area contributed by atoms with Gasteiger partial charge in [0, 0.05) is 87.7 Å². The van der Waals surface area contributed by atoms with Gasteiger partial charge in [0.05, 0.1) is 56.9 Å². The van der Waals surface area contributed by atoms with Gasteiger partial charge in [-0.2, -0.15) is 0 Å². The van der Waals surface area contributed by atoms with E-state index in [0.717, 1.165) is 113 Å². The maximum atomic E-state index is 13.8. The van der Waals surface area contributed by atoms with Crippen molar-refractivity contribution in [3.8, 4) is 68.2 Å². The molecular weight excluding hydrogens is 887 g/mol. The van der Waals surface area contributed by atoms with Crippen LogP contribution in [0.25, 0.3) is 22.3 Å². The number of hydrogen-bond acceptors (Lipinski definition) is 12. The second-order valence-electron chi connectivity index (χ2n) is 16.7. The molecule has 3 aliphatic rings. The van der Waals surface area contributed by atoms with Crippen molar-refractivity contribution < 1.29 is 47.5 Å². The van der Waals surface area contributed by atoms with Crippen LogP contribution in [0.1, 0.15) is 46.4 Å². The Kier molecular flexibility index (Phi) is 18.8. The molecule has 16 heteroatoms. The highest BCUT2D eigenvalue weighted by atomic mass is 35.5. The second kappa shape index (κ2) is 24.0. The minimum absolute atomic E-state index is 0. The third kappa shape index (κ3) is 11.4. The van der Waals surface area contributed by atoms with Crippen LogP contribution >= 0.6 is 24.8 Å². The lowest BCUT2D eigenvalue weighted by molar-refractivity contribution is 0.0565. The van der Waals surface area contributed by atoms with Crippen molar-refractivity contribution in [3.63, 3.8) is 0 Å². The maximum Gasteiger partial charge on any atom is 0.253 e. The Balaban J connectivity index is 0.00000408. The van der Waals surface area contributed by atoms with Crippen molar-refractivity contribution in [2.75, 3.05) is 122 Å². The van der Waals surface area contributed by atoms with E-state index in [1.165, 1.54) is 0 Å². The number of likely N-dealkylation sites (tertiary alicyclic amines) is 2. The summed E-state index contributed by atoms with van der Waals surface area (Å²) < 4.78 is 44.8. The highest BCUT2D eigenvalue weighted by molar-refractivity contribution is 5.97. The predicted octanol–water partition coefficient (Wildman–Crippen LogP) is 7.96. The van der Waals surface area contributed by atoms with Crippen LogP contribution in [0.2, 0.25) is 0 Å². The first kappa shape index (κ1) is 51.7. The van der Waals surface area contributed by atoms with E-state index in [1.807, 2.05) is 70.5 Å². The average Bonchev–Trinajstić information content (AvgIpc) is 3.35. The van der Waals surface area contributed by atoms with Crippen molar-refractivity contribution in [3.05, 3.63) is 71.8 Å². The molecule has 0 aromatic heterocycles. The fourth-order valence-corrected chi connectivity index (χ4v) is 9.49. The van der Waals surface area contributed by atoms with Crippen molar-refractivity contribution in [2.45, 2.75) is 25.7 Å². The number of piperazine rings is 1. The molecular formula is C50H66Cl2N4O10. The molecule has 14 nitrogen and oxygen atoms in total. The van der Waals surface area contributed by atoms with Crippen LogP contribution in [-0.4, -0.2) is 154 Å². The lowest BCUT2D eigenvalue weighted by Crippen LogP contribution is -2.50. The number of rotatable bonds is 16. The number of methoxy groups -OCH3 is 8. The van der Waals surface area contributed by atoms with Crippen LogP contribution in [0, 0.1) is 11.8 Å². The first-order chi connectivity index (χ1) is 31.1. The molecule has 3 fully saturated rings. The van der Waals surface area contributed by atoms with E-state index in [-0.39, 0.29) is 36.6 Å². The van der Waals surface area contributed by atoms with Gasteiger partial charge >= 0.3 is 0 Å². The zero-order chi connectivity index (χ0) is 45.3. The van der Waals surface area contributed by atoms with Crippen LogP contribution in [0.5, 0.6) is 46.0 Å². The molecule has 4 aromatic rings. The molecule has 3 heterocycles. The summed E-state index contributed by atoms with van der Waals surface area (Å²) in [6.45, 7) is 9.30. The van der Waals surface area contributed by atoms with Gasteiger partial charge in [-0.25, -0.2) is 0 Å². The molecule has 3 saturated heterocycles. The zero-order valence-electron chi connectivity index (χ0n) is 39.5. The number of ether oxygens (including phenoxy) is 8. The Morgan fingerprint density at radius 2 is 0.727 bits per heavy atom. The zero-order valence-corrected chi connectivity index (χ0v) is 41.1. The summed E-state index contributed by atoms with van der Waals surface area (Å²) in [5, 5.41) is 0. The molecule has 3 aliphatic heterocycles. The SMILES string of the molecule is COc1ccc(C(=O)N2CCC(CN3CCN(CC4CCN(C(=O)c5ccc(OC)c(-c6cc(OC)c(OC)c(OC)c6)c5)CC4)CC3)CC2)cc1-c1cc(OC)c(OC)c(OC)c1.Cl.Cl. The molecule has 0 N–H and O–H groups in total. The predicted molar refractivity (Wildman–Crippen MR) is 261 cm³/mol. The first-order valence-corrected chi connectivity index (χ1v) is 22.2. The molecule has 0 bridgehead atoms. The van der Waals surface area contributed by atoms with Gasteiger partial charge < -0.3 is 57.5 Å². The highest BCUT2D eigenvalue weighted by Gasteiger charge is 2.30. The Labute approximate surface area is 402 Å². The molecule has 0 saturated carbocycles. The number of piperidine rings is 2. The first-order valence-electron chi connectivity index (χ1n) is 22.2. The molecule has 0 unspecified atom stereocenters. The molecule has 4 aromatic carbocycles. The van der Waals surface area contributed by atoms with Crippen LogP contribution in [-0.2, 0) is 0 Å². The minimum Gasteiger partial charge on any atom is -0.496 e. The Hall–Kier alpha value is -5.28. The number of benzene rings is 4. The molecule has 0 spiro atoms. The normalized spacial score (nSPS) is 16.1. The molecule has 7 rings (SSSR count). The number of carbonyl (C=O) groups excluding carboxylic acids is 2. The number of hydrogen-bond donors (Lipinski definition) is 0. The van der Waals surface area contributed by atoms with Crippen LogP contribution in [0.3, 0.4) is 0 Å². The van der Waals surface area contributed by atoms with E-state index < -0.39 is 0 Å². The highest BCUT2D eigenvalue weighted by Crippen LogP contribution is 2.45. The minimum atomic E-state index is 0. The fraction of sp³-hybridized carbons (Fsp3) is 0.480. The van der Waals surface area contributed by atoms with Gasteiger partial charge in [0.1, 0.15) is 11.5 Å². The number of amides is 2. The fourth-order valence-electron chi connectivity index (χ4n) is 9.49. The summed E-state index contributed by atoms with van der Waals surface area (Å²) in [4.78, 5) is 36.9.